The molecule has 0 atom stereocenters. The number of carbonyl (C=O) groups is 3. The third-order valence-electron chi connectivity index (χ3n) is 3.84. The number of hydrazine groups is 1. The van der Waals surface area contributed by atoms with Gasteiger partial charge in [0.05, 0.1) is 19.3 Å². The van der Waals surface area contributed by atoms with Crippen molar-refractivity contribution in [2.75, 3.05) is 13.7 Å². The maximum Gasteiger partial charge on any atom is 0.273 e. The Bertz CT molecular complexity index is 866. The molecule has 3 N–H and O–H groups in total. The minimum atomic E-state index is -0.613. The van der Waals surface area contributed by atoms with Gasteiger partial charge in [0, 0.05) is 12.0 Å². The predicted molar refractivity (Wildman–Crippen MR) is 101 cm³/mol. The van der Waals surface area contributed by atoms with Gasteiger partial charge < -0.3 is 14.6 Å². The number of hydrogen-bond acceptors (Lipinski definition) is 6. The van der Waals surface area contributed by atoms with E-state index in [9.17, 15) is 19.5 Å². The predicted octanol–water partition coefficient (Wildman–Crippen LogP) is 2.22. The third kappa shape index (κ3) is 5.73. The summed E-state index contributed by atoms with van der Waals surface area (Å²) in [6.45, 7) is 1.71. The molecule has 0 saturated carbocycles. The van der Waals surface area contributed by atoms with E-state index in [1.54, 1.807) is 30.3 Å². The number of phenolic OH excluding ortho intramolecular Hbond substituents is 1. The Morgan fingerprint density at radius 2 is 1.79 bits per heavy atom. The summed E-state index contributed by atoms with van der Waals surface area (Å²) in [5.41, 5.74) is 5.10. The minimum absolute atomic E-state index is 0.0623. The van der Waals surface area contributed by atoms with Gasteiger partial charge in [0.1, 0.15) is 5.75 Å². The first-order chi connectivity index (χ1) is 13.4. The number of hydrogen-bond donors (Lipinski definition) is 3. The number of carbonyl (C=O) groups excluding carboxylic acids is 3. The lowest BCUT2D eigenvalue weighted by molar-refractivity contribution is -0.122. The molecule has 2 aromatic carbocycles. The van der Waals surface area contributed by atoms with E-state index in [1.807, 2.05) is 0 Å². The first-order valence-electron chi connectivity index (χ1n) is 8.61. The number of ketones is 1. The summed E-state index contributed by atoms with van der Waals surface area (Å²) in [6.07, 6.45) is 0.519. The summed E-state index contributed by atoms with van der Waals surface area (Å²) < 4.78 is 10.8. The average molecular weight is 386 g/mol. The molecule has 0 bridgehead atoms. The number of nitrogens with one attached hydrogen (secondary N) is 2. The molecule has 0 radical (unpaired) electrons. The highest BCUT2D eigenvalue weighted by atomic mass is 16.5. The lowest BCUT2D eigenvalue weighted by Crippen LogP contribution is -2.41. The monoisotopic (exact) mass is 386 g/mol. The molecule has 0 unspecified atom stereocenters. The lowest BCUT2D eigenvalue weighted by atomic mass is 10.1. The average Bonchev–Trinajstić information content (AvgIpc) is 2.69. The zero-order chi connectivity index (χ0) is 20.5. The van der Waals surface area contributed by atoms with Crippen LogP contribution in [0.5, 0.6) is 17.2 Å². The molecule has 0 saturated heterocycles. The molecule has 0 fully saturated rings. The van der Waals surface area contributed by atoms with Crippen LogP contribution in [-0.2, 0) is 4.79 Å². The normalized spacial score (nSPS) is 10.1. The van der Waals surface area contributed by atoms with Gasteiger partial charge in [-0.3, -0.25) is 25.2 Å². The van der Waals surface area contributed by atoms with Crippen molar-refractivity contribution in [2.45, 2.75) is 19.8 Å². The molecule has 8 heteroatoms. The number of rotatable bonds is 8. The van der Waals surface area contributed by atoms with Gasteiger partial charge in [-0.2, -0.15) is 0 Å². The van der Waals surface area contributed by atoms with E-state index in [2.05, 4.69) is 10.9 Å². The van der Waals surface area contributed by atoms with Gasteiger partial charge in [-0.05, 0) is 43.7 Å². The van der Waals surface area contributed by atoms with Crippen molar-refractivity contribution in [2.24, 2.45) is 0 Å². The van der Waals surface area contributed by atoms with Gasteiger partial charge in [-0.1, -0.05) is 12.1 Å². The third-order valence-corrected chi connectivity index (χ3v) is 3.84. The van der Waals surface area contributed by atoms with Crippen LogP contribution >= 0.6 is 0 Å². The molecule has 0 aliphatic rings. The zero-order valence-electron chi connectivity index (χ0n) is 15.7. The van der Waals surface area contributed by atoms with Crippen molar-refractivity contribution in [3.8, 4) is 17.2 Å². The molecule has 2 amide bonds. The summed E-state index contributed by atoms with van der Waals surface area (Å²) in [5, 5.41) is 9.60. The Kier molecular flexibility index (Phi) is 7.38. The molecule has 2 aromatic rings. The largest absolute Gasteiger partial charge is 0.507 e. The summed E-state index contributed by atoms with van der Waals surface area (Å²) in [4.78, 5) is 35.1. The van der Waals surface area contributed by atoms with Crippen LogP contribution in [-0.4, -0.2) is 36.4 Å². The first kappa shape index (κ1) is 20.8. The molecule has 28 heavy (non-hydrogen) atoms. The number of amides is 2. The Balaban J connectivity index is 1.75. The summed E-state index contributed by atoms with van der Waals surface area (Å²) in [7, 11) is 1.48. The van der Waals surface area contributed by atoms with Crippen LogP contribution in [0, 0.1) is 0 Å². The van der Waals surface area contributed by atoms with Crippen LogP contribution in [0.3, 0.4) is 0 Å². The van der Waals surface area contributed by atoms with E-state index >= 15 is 0 Å². The summed E-state index contributed by atoms with van der Waals surface area (Å²) in [6, 6.07) is 10.9. The molecule has 148 valence electrons. The maximum absolute atomic E-state index is 11.9. The van der Waals surface area contributed by atoms with Crippen molar-refractivity contribution in [1.82, 2.24) is 10.9 Å². The number of methoxy groups -OCH3 is 1. The molecule has 8 nitrogen and oxygen atoms in total. The van der Waals surface area contributed by atoms with Crippen molar-refractivity contribution in [3.05, 3.63) is 53.6 Å². The van der Waals surface area contributed by atoms with Gasteiger partial charge in [0.2, 0.25) is 5.91 Å². The van der Waals surface area contributed by atoms with Crippen molar-refractivity contribution >= 4 is 17.6 Å². The Hall–Kier alpha value is -3.55. The van der Waals surface area contributed by atoms with Crippen LogP contribution in [0.15, 0.2) is 42.5 Å². The number of benzene rings is 2. The fourth-order valence-electron chi connectivity index (χ4n) is 2.34. The molecule has 0 aliphatic carbocycles. The smallest absolute Gasteiger partial charge is 0.273 e. The Labute approximate surface area is 162 Å². The molecule has 0 heterocycles. The topological polar surface area (TPSA) is 114 Å². The highest BCUT2D eigenvalue weighted by molar-refractivity contribution is 5.97. The SMILES string of the molecule is COc1cc(C(C)=O)ccc1OCCCC(=O)NNC(=O)c1ccccc1O. The zero-order valence-corrected chi connectivity index (χ0v) is 15.7. The first-order valence-corrected chi connectivity index (χ1v) is 8.61. The fraction of sp³-hybridized carbons (Fsp3) is 0.250. The van der Waals surface area contributed by atoms with Gasteiger partial charge in [0.25, 0.3) is 5.91 Å². The standard InChI is InChI=1S/C20H22N2O6/c1-13(23)14-9-10-17(18(12-14)27-2)28-11-5-8-19(25)21-22-20(26)15-6-3-4-7-16(15)24/h3-4,6-7,9-10,12,24H,5,8,11H2,1-2H3,(H,21,25)(H,22,26). The molecule has 0 spiro atoms. The van der Waals surface area contributed by atoms with Crippen molar-refractivity contribution in [1.29, 1.82) is 0 Å². The highest BCUT2D eigenvalue weighted by Gasteiger charge is 2.12. The van der Waals surface area contributed by atoms with Crippen LogP contribution in [0.1, 0.15) is 40.5 Å². The lowest BCUT2D eigenvalue weighted by Gasteiger charge is -2.12. The number of aromatic hydroxyl groups is 1. The van der Waals surface area contributed by atoms with Gasteiger partial charge in [-0.25, -0.2) is 0 Å². The Morgan fingerprint density at radius 3 is 2.46 bits per heavy atom. The molecular formula is C20H22N2O6. The van der Waals surface area contributed by atoms with E-state index in [1.165, 1.54) is 26.2 Å². The second-order valence-corrected chi connectivity index (χ2v) is 5.89. The molecular weight excluding hydrogens is 364 g/mol. The second kappa shape index (κ2) is 9.96. The van der Waals surface area contributed by atoms with E-state index in [0.717, 1.165) is 0 Å². The van der Waals surface area contributed by atoms with Crippen LogP contribution in [0.25, 0.3) is 0 Å². The van der Waals surface area contributed by atoms with Crippen molar-refractivity contribution in [3.63, 3.8) is 0 Å². The molecule has 2 rings (SSSR count). The van der Waals surface area contributed by atoms with E-state index < -0.39 is 11.8 Å². The van der Waals surface area contributed by atoms with Crippen LogP contribution in [0.2, 0.25) is 0 Å². The number of Topliss-reactive ketones (excluding diaryl/α,β-unsaturated/α-hetero) is 1. The van der Waals surface area contributed by atoms with E-state index in [4.69, 9.17) is 9.47 Å². The minimum Gasteiger partial charge on any atom is -0.507 e. The van der Waals surface area contributed by atoms with Gasteiger partial charge in [-0.15, -0.1) is 0 Å². The van der Waals surface area contributed by atoms with E-state index in [-0.39, 0.29) is 30.1 Å². The van der Waals surface area contributed by atoms with Crippen LogP contribution in [0.4, 0.5) is 0 Å². The van der Waals surface area contributed by atoms with E-state index in [0.29, 0.717) is 23.5 Å². The molecule has 0 aliphatic heterocycles. The quantitative estimate of drug-likeness (QED) is 0.364. The molecule has 0 aromatic heterocycles. The van der Waals surface area contributed by atoms with Crippen LogP contribution < -0.4 is 20.3 Å². The van der Waals surface area contributed by atoms with Crippen molar-refractivity contribution < 1.29 is 29.0 Å². The summed E-state index contributed by atoms with van der Waals surface area (Å²) in [5.74, 6) is -0.350. The number of ether oxygens (including phenoxy) is 2. The number of para-hydroxylation sites is 1. The number of phenols is 1. The Morgan fingerprint density at radius 1 is 1.04 bits per heavy atom. The fourth-order valence-corrected chi connectivity index (χ4v) is 2.34. The van der Waals surface area contributed by atoms with Gasteiger partial charge >= 0.3 is 0 Å². The highest BCUT2D eigenvalue weighted by Crippen LogP contribution is 2.28. The maximum atomic E-state index is 11.9. The second-order valence-electron chi connectivity index (χ2n) is 5.89. The summed E-state index contributed by atoms with van der Waals surface area (Å²) >= 11 is 0. The van der Waals surface area contributed by atoms with Gasteiger partial charge in [0.15, 0.2) is 17.3 Å².